The SMILES string of the molecule is C=CCNC(=O)C[C@@H]1C(=O)NCCN1Cc1ccc(OC)cc1F. The third kappa shape index (κ3) is 4.55. The molecule has 1 aromatic rings. The fourth-order valence-electron chi connectivity index (χ4n) is 2.61. The molecule has 0 bridgehead atoms. The molecule has 1 heterocycles. The Kier molecular flexibility index (Phi) is 6.31. The van der Waals surface area contributed by atoms with Crippen LogP contribution in [-0.4, -0.2) is 49.5 Å². The monoisotopic (exact) mass is 335 g/mol. The third-order valence-corrected chi connectivity index (χ3v) is 3.90. The summed E-state index contributed by atoms with van der Waals surface area (Å²) in [7, 11) is 1.47. The van der Waals surface area contributed by atoms with E-state index < -0.39 is 11.9 Å². The average molecular weight is 335 g/mol. The van der Waals surface area contributed by atoms with Gasteiger partial charge in [0.2, 0.25) is 11.8 Å². The van der Waals surface area contributed by atoms with Crippen molar-refractivity contribution >= 4 is 11.8 Å². The van der Waals surface area contributed by atoms with Crippen molar-refractivity contribution in [3.8, 4) is 5.75 Å². The van der Waals surface area contributed by atoms with Crippen molar-refractivity contribution in [2.24, 2.45) is 0 Å². The first-order chi connectivity index (χ1) is 11.5. The first kappa shape index (κ1) is 17.9. The number of piperazine rings is 1. The molecule has 2 amide bonds. The molecule has 0 saturated carbocycles. The Hall–Kier alpha value is -2.41. The van der Waals surface area contributed by atoms with Crippen LogP contribution in [0.15, 0.2) is 30.9 Å². The van der Waals surface area contributed by atoms with Gasteiger partial charge in [-0.2, -0.15) is 0 Å². The number of benzene rings is 1. The minimum absolute atomic E-state index is 0.0252. The van der Waals surface area contributed by atoms with Crippen LogP contribution >= 0.6 is 0 Å². The lowest BCUT2D eigenvalue weighted by Gasteiger charge is -2.34. The van der Waals surface area contributed by atoms with Crippen molar-refractivity contribution in [1.82, 2.24) is 15.5 Å². The van der Waals surface area contributed by atoms with E-state index in [1.807, 2.05) is 4.90 Å². The molecule has 0 unspecified atom stereocenters. The van der Waals surface area contributed by atoms with E-state index in [4.69, 9.17) is 4.74 Å². The summed E-state index contributed by atoms with van der Waals surface area (Å²) in [5, 5.41) is 5.40. The van der Waals surface area contributed by atoms with Crippen molar-refractivity contribution in [2.75, 3.05) is 26.7 Å². The zero-order valence-electron chi connectivity index (χ0n) is 13.7. The molecular weight excluding hydrogens is 313 g/mol. The van der Waals surface area contributed by atoms with Gasteiger partial charge < -0.3 is 15.4 Å². The molecule has 6 nitrogen and oxygen atoms in total. The highest BCUT2D eigenvalue weighted by molar-refractivity contribution is 5.88. The normalized spacial score (nSPS) is 17.9. The second kappa shape index (κ2) is 8.44. The maximum atomic E-state index is 14.1. The number of halogens is 1. The maximum Gasteiger partial charge on any atom is 0.237 e. The van der Waals surface area contributed by atoms with Crippen molar-refractivity contribution in [3.63, 3.8) is 0 Å². The zero-order valence-corrected chi connectivity index (χ0v) is 13.7. The summed E-state index contributed by atoms with van der Waals surface area (Å²) in [6.45, 7) is 5.16. The van der Waals surface area contributed by atoms with E-state index in [0.717, 1.165) is 0 Å². The summed E-state index contributed by atoms with van der Waals surface area (Å²) in [5.74, 6) is -0.413. The number of hydrogen-bond acceptors (Lipinski definition) is 4. The lowest BCUT2D eigenvalue weighted by molar-refractivity contribution is -0.134. The molecule has 0 radical (unpaired) electrons. The van der Waals surface area contributed by atoms with Gasteiger partial charge in [-0.25, -0.2) is 4.39 Å². The molecule has 0 aliphatic carbocycles. The van der Waals surface area contributed by atoms with E-state index in [1.165, 1.54) is 13.2 Å². The Morgan fingerprint density at radius 3 is 3.04 bits per heavy atom. The van der Waals surface area contributed by atoms with Gasteiger partial charge in [0.1, 0.15) is 11.6 Å². The van der Waals surface area contributed by atoms with Crippen LogP contribution in [-0.2, 0) is 16.1 Å². The Morgan fingerprint density at radius 1 is 1.58 bits per heavy atom. The van der Waals surface area contributed by atoms with Crippen LogP contribution < -0.4 is 15.4 Å². The van der Waals surface area contributed by atoms with E-state index in [0.29, 0.717) is 30.9 Å². The van der Waals surface area contributed by atoms with Crippen LogP contribution in [0, 0.1) is 5.82 Å². The van der Waals surface area contributed by atoms with E-state index in [-0.39, 0.29) is 24.8 Å². The molecule has 1 saturated heterocycles. The highest BCUT2D eigenvalue weighted by Gasteiger charge is 2.31. The fraction of sp³-hybridized carbons (Fsp3) is 0.412. The maximum absolute atomic E-state index is 14.1. The second-order valence-electron chi connectivity index (χ2n) is 5.53. The molecule has 2 rings (SSSR count). The summed E-state index contributed by atoms with van der Waals surface area (Å²) >= 11 is 0. The van der Waals surface area contributed by atoms with Gasteiger partial charge in [-0.15, -0.1) is 6.58 Å². The number of ether oxygens (including phenoxy) is 1. The van der Waals surface area contributed by atoms with Crippen molar-refractivity contribution in [3.05, 3.63) is 42.2 Å². The topological polar surface area (TPSA) is 70.7 Å². The van der Waals surface area contributed by atoms with Gasteiger partial charge in [-0.1, -0.05) is 12.1 Å². The number of nitrogens with zero attached hydrogens (tertiary/aromatic N) is 1. The molecular formula is C17H22FN3O3. The van der Waals surface area contributed by atoms with Crippen LogP contribution in [0.25, 0.3) is 0 Å². The molecule has 24 heavy (non-hydrogen) atoms. The second-order valence-corrected chi connectivity index (χ2v) is 5.53. The lowest BCUT2D eigenvalue weighted by Crippen LogP contribution is -2.56. The van der Waals surface area contributed by atoms with Gasteiger partial charge in [0, 0.05) is 37.8 Å². The number of amides is 2. The van der Waals surface area contributed by atoms with Crippen molar-refractivity contribution in [1.29, 1.82) is 0 Å². The predicted octanol–water partition coefficient (Wildman–Crippen LogP) is 0.827. The summed E-state index contributed by atoms with van der Waals surface area (Å²) in [4.78, 5) is 25.8. The van der Waals surface area contributed by atoms with E-state index in [1.54, 1.807) is 18.2 Å². The molecule has 2 N–H and O–H groups in total. The summed E-state index contributed by atoms with van der Waals surface area (Å²) in [6.07, 6.45) is 1.60. The molecule has 1 atom stereocenters. The lowest BCUT2D eigenvalue weighted by atomic mass is 10.1. The Balaban J connectivity index is 2.09. The Labute approximate surface area is 140 Å². The molecule has 0 spiro atoms. The predicted molar refractivity (Wildman–Crippen MR) is 88.0 cm³/mol. The first-order valence-corrected chi connectivity index (χ1v) is 7.77. The Bertz CT molecular complexity index is 621. The smallest absolute Gasteiger partial charge is 0.237 e. The van der Waals surface area contributed by atoms with Gasteiger partial charge in [0.25, 0.3) is 0 Å². The number of nitrogens with one attached hydrogen (secondary N) is 2. The quantitative estimate of drug-likeness (QED) is 0.724. The Morgan fingerprint density at radius 2 is 2.38 bits per heavy atom. The van der Waals surface area contributed by atoms with Crippen LogP contribution in [0.4, 0.5) is 4.39 Å². The minimum atomic E-state index is -0.620. The largest absolute Gasteiger partial charge is 0.497 e. The molecule has 130 valence electrons. The molecule has 1 aliphatic rings. The zero-order chi connectivity index (χ0) is 17.5. The van der Waals surface area contributed by atoms with Gasteiger partial charge >= 0.3 is 0 Å². The third-order valence-electron chi connectivity index (χ3n) is 3.90. The number of carbonyl (C=O) groups is 2. The van der Waals surface area contributed by atoms with Crippen LogP contribution in [0.1, 0.15) is 12.0 Å². The van der Waals surface area contributed by atoms with Gasteiger partial charge in [0.15, 0.2) is 0 Å². The van der Waals surface area contributed by atoms with Crippen LogP contribution in [0.5, 0.6) is 5.75 Å². The molecule has 1 fully saturated rings. The molecule has 1 aromatic carbocycles. The number of rotatable bonds is 7. The van der Waals surface area contributed by atoms with Crippen LogP contribution in [0.2, 0.25) is 0 Å². The van der Waals surface area contributed by atoms with Crippen molar-refractivity contribution < 1.29 is 18.7 Å². The highest BCUT2D eigenvalue weighted by Crippen LogP contribution is 2.20. The van der Waals surface area contributed by atoms with Crippen molar-refractivity contribution in [2.45, 2.75) is 19.0 Å². The van der Waals surface area contributed by atoms with E-state index >= 15 is 0 Å². The van der Waals surface area contributed by atoms with E-state index in [9.17, 15) is 14.0 Å². The molecule has 0 aromatic heterocycles. The van der Waals surface area contributed by atoms with Gasteiger partial charge in [-0.3, -0.25) is 14.5 Å². The highest BCUT2D eigenvalue weighted by atomic mass is 19.1. The number of hydrogen-bond donors (Lipinski definition) is 2. The van der Waals surface area contributed by atoms with E-state index in [2.05, 4.69) is 17.2 Å². The van der Waals surface area contributed by atoms with Crippen LogP contribution in [0.3, 0.4) is 0 Å². The number of methoxy groups -OCH3 is 1. The number of carbonyl (C=O) groups excluding carboxylic acids is 2. The first-order valence-electron chi connectivity index (χ1n) is 7.77. The fourth-order valence-corrected chi connectivity index (χ4v) is 2.61. The molecule has 7 heteroatoms. The van der Waals surface area contributed by atoms with Gasteiger partial charge in [0.05, 0.1) is 19.6 Å². The summed E-state index contributed by atoms with van der Waals surface area (Å²) in [6, 6.07) is 4.00. The average Bonchev–Trinajstić information content (AvgIpc) is 2.57. The molecule has 1 aliphatic heterocycles. The summed E-state index contributed by atoms with van der Waals surface area (Å²) < 4.78 is 19.1. The minimum Gasteiger partial charge on any atom is -0.497 e. The summed E-state index contributed by atoms with van der Waals surface area (Å²) in [5.41, 5.74) is 0.460. The van der Waals surface area contributed by atoms with Gasteiger partial charge in [-0.05, 0) is 6.07 Å². The standard InChI is InChI=1S/C17H22FN3O3/c1-3-6-19-16(22)10-15-17(23)20-7-8-21(15)11-12-4-5-13(24-2)9-14(12)18/h3-5,9,15H,1,6-8,10-11H2,2H3,(H,19,22)(H,20,23)/t15-/m1/s1.